The zero-order chi connectivity index (χ0) is 21.8. The van der Waals surface area contributed by atoms with Crippen molar-refractivity contribution >= 4 is 34.6 Å². The smallest absolute Gasteiger partial charge is 0.283 e. The maximum Gasteiger partial charge on any atom is 0.283 e. The number of benzene rings is 2. The molecule has 1 atom stereocenters. The van der Waals surface area contributed by atoms with Crippen molar-refractivity contribution < 1.29 is 13.7 Å². The van der Waals surface area contributed by atoms with Crippen molar-refractivity contribution in [3.05, 3.63) is 83.4 Å². The predicted molar refractivity (Wildman–Crippen MR) is 120 cm³/mol. The fourth-order valence-corrected chi connectivity index (χ4v) is 4.02. The summed E-state index contributed by atoms with van der Waals surface area (Å²) in [5.41, 5.74) is 1.72. The molecule has 3 aromatic rings. The van der Waals surface area contributed by atoms with Gasteiger partial charge >= 0.3 is 0 Å². The molecule has 0 aliphatic carbocycles. The Morgan fingerprint density at radius 1 is 1.16 bits per heavy atom. The molecule has 2 aromatic carbocycles. The van der Waals surface area contributed by atoms with Crippen LogP contribution in [-0.4, -0.2) is 21.2 Å². The number of halogens is 1. The molecule has 1 aliphatic rings. The van der Waals surface area contributed by atoms with Crippen LogP contribution in [-0.2, 0) is 11.2 Å². The van der Waals surface area contributed by atoms with Crippen LogP contribution in [0.3, 0.4) is 0 Å². The highest BCUT2D eigenvalue weighted by atomic mass is 32.2. The van der Waals surface area contributed by atoms with Gasteiger partial charge in [-0.3, -0.25) is 9.69 Å². The Hall–Kier alpha value is -3.26. The van der Waals surface area contributed by atoms with Gasteiger partial charge in [0.25, 0.3) is 5.91 Å². The molecule has 4 rings (SSSR count). The van der Waals surface area contributed by atoms with Crippen molar-refractivity contribution in [3.8, 4) is 0 Å². The summed E-state index contributed by atoms with van der Waals surface area (Å²) in [5, 5.41) is 4.26. The summed E-state index contributed by atoms with van der Waals surface area (Å²) in [5.74, 6) is 0.490. The molecule has 1 aromatic heterocycles. The van der Waals surface area contributed by atoms with E-state index < -0.39 is 0 Å². The van der Waals surface area contributed by atoms with Gasteiger partial charge in [-0.1, -0.05) is 54.2 Å². The van der Waals surface area contributed by atoms with Gasteiger partial charge in [0.2, 0.25) is 5.89 Å². The minimum Gasteiger partial charge on any atom is -0.338 e. The zero-order valence-electron chi connectivity index (χ0n) is 17.2. The van der Waals surface area contributed by atoms with E-state index in [1.807, 2.05) is 44.2 Å². The summed E-state index contributed by atoms with van der Waals surface area (Å²) in [7, 11) is 0. The third-order valence-electron chi connectivity index (χ3n) is 4.60. The summed E-state index contributed by atoms with van der Waals surface area (Å²) in [4.78, 5) is 23.7. The van der Waals surface area contributed by atoms with Crippen LogP contribution in [0.5, 0.6) is 0 Å². The highest BCUT2D eigenvalue weighted by molar-refractivity contribution is 8.14. The largest absolute Gasteiger partial charge is 0.338 e. The van der Waals surface area contributed by atoms with Crippen LogP contribution in [0.4, 0.5) is 10.1 Å². The SMILES string of the molecule is CCCc1noc(C(C)SC2=N/C(=C/c3ccccc3)C(=O)N2c2ccc(F)cc2)n1. The number of hydrogen-bond acceptors (Lipinski definition) is 6. The summed E-state index contributed by atoms with van der Waals surface area (Å²) in [6.07, 6.45) is 3.41. The lowest BCUT2D eigenvalue weighted by Gasteiger charge is -2.19. The predicted octanol–water partition coefficient (Wildman–Crippen LogP) is 5.40. The number of amidine groups is 1. The average Bonchev–Trinajstić information content (AvgIpc) is 3.35. The second-order valence-corrected chi connectivity index (χ2v) is 8.32. The number of carbonyl (C=O) groups is 1. The van der Waals surface area contributed by atoms with Crippen LogP contribution >= 0.6 is 11.8 Å². The Labute approximate surface area is 183 Å². The van der Waals surface area contributed by atoms with E-state index in [1.54, 1.807) is 18.2 Å². The van der Waals surface area contributed by atoms with Crippen LogP contribution in [0.25, 0.3) is 6.08 Å². The molecule has 2 heterocycles. The topological polar surface area (TPSA) is 71.6 Å². The van der Waals surface area contributed by atoms with Crippen LogP contribution in [0.2, 0.25) is 0 Å². The summed E-state index contributed by atoms with van der Waals surface area (Å²) >= 11 is 1.34. The van der Waals surface area contributed by atoms with Crippen molar-refractivity contribution in [1.82, 2.24) is 10.1 Å². The number of anilines is 1. The number of thioether (sulfide) groups is 1. The van der Waals surface area contributed by atoms with Crippen molar-refractivity contribution in [3.63, 3.8) is 0 Å². The first-order valence-electron chi connectivity index (χ1n) is 9.99. The number of rotatable bonds is 6. The molecular weight excluding hydrogens is 415 g/mol. The maximum absolute atomic E-state index is 13.5. The Balaban J connectivity index is 1.66. The molecule has 0 saturated carbocycles. The van der Waals surface area contributed by atoms with Crippen molar-refractivity contribution in [2.45, 2.75) is 31.9 Å². The molecule has 0 fully saturated rings. The highest BCUT2D eigenvalue weighted by Gasteiger charge is 2.34. The summed E-state index contributed by atoms with van der Waals surface area (Å²) < 4.78 is 18.8. The lowest BCUT2D eigenvalue weighted by atomic mass is 10.2. The van der Waals surface area contributed by atoms with E-state index in [9.17, 15) is 9.18 Å². The van der Waals surface area contributed by atoms with Crippen LogP contribution < -0.4 is 4.90 Å². The number of carbonyl (C=O) groups excluding carboxylic acids is 1. The van der Waals surface area contributed by atoms with E-state index in [1.165, 1.54) is 28.8 Å². The number of aryl methyl sites for hydroxylation is 1. The molecular formula is C23H21FN4O2S. The first-order chi connectivity index (χ1) is 15.0. The van der Waals surface area contributed by atoms with Crippen LogP contribution in [0.15, 0.2) is 69.8 Å². The quantitative estimate of drug-likeness (QED) is 0.484. The van der Waals surface area contributed by atoms with Gasteiger partial charge in [-0.2, -0.15) is 4.98 Å². The fraction of sp³-hybridized carbons (Fsp3) is 0.217. The zero-order valence-corrected chi connectivity index (χ0v) is 18.0. The molecule has 0 spiro atoms. The van der Waals surface area contributed by atoms with Crippen molar-refractivity contribution in [2.75, 3.05) is 4.90 Å². The Morgan fingerprint density at radius 3 is 2.61 bits per heavy atom. The molecule has 1 unspecified atom stereocenters. The monoisotopic (exact) mass is 436 g/mol. The van der Waals surface area contributed by atoms with Gasteiger partial charge in [0.05, 0.1) is 10.9 Å². The molecule has 8 heteroatoms. The normalized spacial score (nSPS) is 16.1. The molecule has 31 heavy (non-hydrogen) atoms. The highest BCUT2D eigenvalue weighted by Crippen LogP contribution is 2.36. The Kier molecular flexibility index (Phi) is 6.27. The van der Waals surface area contributed by atoms with E-state index in [-0.39, 0.29) is 17.0 Å². The molecule has 0 saturated heterocycles. The molecule has 0 N–H and O–H groups in total. The van der Waals surface area contributed by atoms with Crippen LogP contribution in [0.1, 0.15) is 42.8 Å². The second-order valence-electron chi connectivity index (χ2n) is 7.01. The number of amides is 1. The molecule has 6 nitrogen and oxygen atoms in total. The standard InChI is InChI=1S/C23H21FN4O2S/c1-3-7-20-26-21(30-27-20)15(2)31-23-25-19(14-16-8-5-4-6-9-16)22(29)28(23)18-12-10-17(24)11-13-18/h4-6,8-15H,3,7H2,1-2H3/b19-14+. The van der Waals surface area contributed by atoms with Gasteiger partial charge in [-0.05, 0) is 49.2 Å². The van der Waals surface area contributed by atoms with Crippen molar-refractivity contribution in [1.29, 1.82) is 0 Å². The molecule has 158 valence electrons. The van der Waals surface area contributed by atoms with Gasteiger partial charge in [-0.25, -0.2) is 9.38 Å². The van der Waals surface area contributed by atoms with E-state index in [2.05, 4.69) is 15.1 Å². The number of hydrogen-bond donors (Lipinski definition) is 0. The first-order valence-corrected chi connectivity index (χ1v) is 10.9. The second kappa shape index (κ2) is 9.26. The molecule has 0 radical (unpaired) electrons. The van der Waals surface area contributed by atoms with E-state index in [0.29, 0.717) is 28.3 Å². The minimum absolute atomic E-state index is 0.219. The lowest BCUT2D eigenvalue weighted by molar-refractivity contribution is -0.113. The molecule has 0 bridgehead atoms. The van der Waals surface area contributed by atoms with E-state index >= 15 is 0 Å². The Bertz CT molecular complexity index is 1130. The van der Waals surface area contributed by atoms with Gasteiger partial charge < -0.3 is 4.52 Å². The van der Waals surface area contributed by atoms with Gasteiger partial charge in [-0.15, -0.1) is 0 Å². The van der Waals surface area contributed by atoms with Gasteiger partial charge in [0, 0.05) is 6.42 Å². The van der Waals surface area contributed by atoms with Gasteiger partial charge in [0.15, 0.2) is 11.0 Å². The van der Waals surface area contributed by atoms with Crippen molar-refractivity contribution in [2.24, 2.45) is 4.99 Å². The number of aliphatic imine (C=N–C) groups is 1. The van der Waals surface area contributed by atoms with Gasteiger partial charge in [0.1, 0.15) is 11.5 Å². The third-order valence-corrected chi connectivity index (χ3v) is 5.64. The summed E-state index contributed by atoms with van der Waals surface area (Å²) in [6.45, 7) is 3.97. The first kappa shape index (κ1) is 21.0. The summed E-state index contributed by atoms with van der Waals surface area (Å²) in [6, 6.07) is 15.3. The minimum atomic E-state index is -0.371. The van der Waals surface area contributed by atoms with E-state index in [0.717, 1.165) is 18.4 Å². The fourth-order valence-electron chi connectivity index (χ4n) is 3.07. The average molecular weight is 437 g/mol. The van der Waals surface area contributed by atoms with Crippen LogP contribution in [0, 0.1) is 5.82 Å². The Morgan fingerprint density at radius 2 is 1.90 bits per heavy atom. The van der Waals surface area contributed by atoms with E-state index in [4.69, 9.17) is 4.52 Å². The lowest BCUT2D eigenvalue weighted by Crippen LogP contribution is -2.30. The number of aromatic nitrogens is 2. The number of nitrogens with zero attached hydrogens (tertiary/aromatic N) is 4. The molecule has 1 aliphatic heterocycles. The third kappa shape index (κ3) is 4.74. The maximum atomic E-state index is 13.5. The molecule has 1 amide bonds.